The van der Waals surface area contributed by atoms with Crippen molar-refractivity contribution < 1.29 is 0 Å². The van der Waals surface area contributed by atoms with Crippen LogP contribution in [-0.4, -0.2) is 18.0 Å². The van der Waals surface area contributed by atoms with Crippen LogP contribution in [0.3, 0.4) is 0 Å². The molecule has 1 aliphatic rings. The first-order valence-corrected chi connectivity index (χ1v) is 6.49. The highest BCUT2D eigenvalue weighted by Gasteiger charge is 2.20. The molecular weight excluding hydrogens is 198 g/mol. The first kappa shape index (κ1) is 13.3. The van der Waals surface area contributed by atoms with Gasteiger partial charge in [0.25, 0.3) is 0 Å². The third-order valence-electron chi connectivity index (χ3n) is 3.56. The van der Waals surface area contributed by atoms with E-state index >= 15 is 0 Å². The fraction of sp³-hybridized carbons (Fsp3) is 0.923. The standard InChI is InChI=1S/C13H27N3/c1-10(13(2,3)4)15-12(14)16-11-8-6-5-7-9-11/h10-11H,5-9H2,1-4H3,(H3,14,15,16). The molecule has 0 radical (unpaired) electrons. The molecule has 1 aliphatic carbocycles. The Morgan fingerprint density at radius 1 is 1.25 bits per heavy atom. The van der Waals surface area contributed by atoms with Gasteiger partial charge in [-0.15, -0.1) is 0 Å². The number of hydrogen-bond donors (Lipinski definition) is 2. The van der Waals surface area contributed by atoms with E-state index in [1.165, 1.54) is 32.1 Å². The maximum Gasteiger partial charge on any atom is 0.189 e. The van der Waals surface area contributed by atoms with Gasteiger partial charge in [-0.3, -0.25) is 4.99 Å². The number of aliphatic imine (C=N–C) groups is 1. The largest absolute Gasteiger partial charge is 0.370 e. The van der Waals surface area contributed by atoms with Crippen LogP contribution in [0.15, 0.2) is 4.99 Å². The SMILES string of the molecule is CC(NC(N)=NC1CCCCC1)C(C)(C)C. The van der Waals surface area contributed by atoms with Gasteiger partial charge in [0.1, 0.15) is 0 Å². The first-order chi connectivity index (χ1) is 7.39. The van der Waals surface area contributed by atoms with Crippen LogP contribution in [0.25, 0.3) is 0 Å². The Labute approximate surface area is 99.9 Å². The number of nitrogens with two attached hydrogens (primary N) is 1. The van der Waals surface area contributed by atoms with Gasteiger partial charge in [-0.1, -0.05) is 40.0 Å². The van der Waals surface area contributed by atoms with Crippen LogP contribution in [0.4, 0.5) is 0 Å². The lowest BCUT2D eigenvalue weighted by Crippen LogP contribution is -2.45. The third kappa shape index (κ3) is 4.42. The zero-order valence-electron chi connectivity index (χ0n) is 11.2. The van der Waals surface area contributed by atoms with E-state index in [2.05, 4.69) is 38.0 Å². The summed E-state index contributed by atoms with van der Waals surface area (Å²) in [6, 6.07) is 0.799. The fourth-order valence-corrected chi connectivity index (χ4v) is 1.88. The Balaban J connectivity index is 2.44. The smallest absolute Gasteiger partial charge is 0.189 e. The van der Waals surface area contributed by atoms with E-state index in [0.29, 0.717) is 18.0 Å². The van der Waals surface area contributed by atoms with Crippen molar-refractivity contribution in [3.8, 4) is 0 Å². The van der Waals surface area contributed by atoms with Crippen LogP contribution < -0.4 is 11.1 Å². The Morgan fingerprint density at radius 2 is 1.81 bits per heavy atom. The second-order valence-corrected chi connectivity index (χ2v) is 6.04. The lowest BCUT2D eigenvalue weighted by Gasteiger charge is -2.29. The summed E-state index contributed by atoms with van der Waals surface area (Å²) < 4.78 is 0. The Hall–Kier alpha value is -0.730. The molecule has 16 heavy (non-hydrogen) atoms. The average Bonchev–Trinajstić information content (AvgIpc) is 2.17. The van der Waals surface area contributed by atoms with Crippen molar-refractivity contribution in [3.05, 3.63) is 0 Å². The zero-order valence-corrected chi connectivity index (χ0v) is 11.2. The summed E-state index contributed by atoms with van der Waals surface area (Å²) in [7, 11) is 0. The van der Waals surface area contributed by atoms with E-state index < -0.39 is 0 Å². The molecule has 0 saturated heterocycles. The van der Waals surface area contributed by atoms with E-state index in [-0.39, 0.29) is 5.41 Å². The van der Waals surface area contributed by atoms with Gasteiger partial charge in [-0.2, -0.15) is 0 Å². The van der Waals surface area contributed by atoms with Gasteiger partial charge in [0.05, 0.1) is 6.04 Å². The molecule has 3 nitrogen and oxygen atoms in total. The van der Waals surface area contributed by atoms with Gasteiger partial charge in [0.15, 0.2) is 5.96 Å². The minimum atomic E-state index is 0.215. The maximum atomic E-state index is 5.94. The van der Waals surface area contributed by atoms with Crippen LogP contribution in [0.5, 0.6) is 0 Å². The van der Waals surface area contributed by atoms with Crippen molar-refractivity contribution in [1.29, 1.82) is 0 Å². The quantitative estimate of drug-likeness (QED) is 0.561. The van der Waals surface area contributed by atoms with Crippen molar-refractivity contribution in [2.45, 2.75) is 71.9 Å². The summed E-state index contributed by atoms with van der Waals surface area (Å²) >= 11 is 0. The summed E-state index contributed by atoms with van der Waals surface area (Å²) in [6.45, 7) is 8.78. The van der Waals surface area contributed by atoms with E-state index in [0.717, 1.165) is 0 Å². The molecule has 3 heteroatoms. The molecule has 0 bridgehead atoms. The average molecular weight is 225 g/mol. The summed E-state index contributed by atoms with van der Waals surface area (Å²) in [5.74, 6) is 0.620. The maximum absolute atomic E-state index is 5.94. The van der Waals surface area contributed by atoms with Gasteiger partial charge >= 0.3 is 0 Å². The predicted octanol–water partition coefficient (Wildman–Crippen LogP) is 2.66. The number of nitrogens with zero attached hydrogens (tertiary/aromatic N) is 1. The van der Waals surface area contributed by atoms with Crippen LogP contribution in [-0.2, 0) is 0 Å². The van der Waals surface area contributed by atoms with E-state index in [4.69, 9.17) is 5.73 Å². The van der Waals surface area contributed by atoms with Gasteiger partial charge in [0, 0.05) is 6.04 Å². The van der Waals surface area contributed by atoms with Crippen LogP contribution in [0, 0.1) is 5.41 Å². The monoisotopic (exact) mass is 225 g/mol. The molecular formula is C13H27N3. The highest BCUT2D eigenvalue weighted by molar-refractivity contribution is 5.78. The van der Waals surface area contributed by atoms with Crippen molar-refractivity contribution in [1.82, 2.24) is 5.32 Å². The molecule has 3 N–H and O–H groups in total. The molecule has 0 heterocycles. The second-order valence-electron chi connectivity index (χ2n) is 6.04. The molecule has 94 valence electrons. The van der Waals surface area contributed by atoms with E-state index in [9.17, 15) is 0 Å². The van der Waals surface area contributed by atoms with Gasteiger partial charge in [-0.25, -0.2) is 0 Å². The van der Waals surface area contributed by atoms with Crippen LogP contribution in [0.2, 0.25) is 0 Å². The number of rotatable bonds is 2. The van der Waals surface area contributed by atoms with Gasteiger partial charge in [-0.05, 0) is 25.2 Å². The van der Waals surface area contributed by atoms with Crippen LogP contribution in [0.1, 0.15) is 59.8 Å². The molecule has 0 spiro atoms. The lowest BCUT2D eigenvalue weighted by molar-refractivity contribution is 0.314. The molecule has 0 aromatic rings. The Morgan fingerprint density at radius 3 is 2.31 bits per heavy atom. The van der Waals surface area contributed by atoms with Crippen molar-refractivity contribution in [2.24, 2.45) is 16.1 Å². The van der Waals surface area contributed by atoms with Gasteiger partial charge in [0.2, 0.25) is 0 Å². The third-order valence-corrected chi connectivity index (χ3v) is 3.56. The summed E-state index contributed by atoms with van der Waals surface area (Å²) in [5.41, 5.74) is 6.16. The topological polar surface area (TPSA) is 50.4 Å². The molecule has 0 aliphatic heterocycles. The van der Waals surface area contributed by atoms with Crippen molar-refractivity contribution >= 4 is 5.96 Å². The molecule has 1 atom stereocenters. The highest BCUT2D eigenvalue weighted by atomic mass is 15.1. The number of guanidine groups is 1. The molecule has 1 fully saturated rings. The molecule has 0 amide bonds. The molecule has 0 aromatic heterocycles. The van der Waals surface area contributed by atoms with Crippen molar-refractivity contribution in [3.63, 3.8) is 0 Å². The van der Waals surface area contributed by atoms with Gasteiger partial charge < -0.3 is 11.1 Å². The fourth-order valence-electron chi connectivity index (χ4n) is 1.88. The van der Waals surface area contributed by atoms with E-state index in [1.807, 2.05) is 0 Å². The summed E-state index contributed by atoms with van der Waals surface area (Å²) in [5, 5.41) is 3.29. The summed E-state index contributed by atoms with van der Waals surface area (Å²) in [4.78, 5) is 4.57. The lowest BCUT2D eigenvalue weighted by atomic mass is 9.88. The minimum Gasteiger partial charge on any atom is -0.370 e. The van der Waals surface area contributed by atoms with E-state index in [1.54, 1.807) is 0 Å². The molecule has 0 aromatic carbocycles. The second kappa shape index (κ2) is 5.55. The van der Waals surface area contributed by atoms with Crippen LogP contribution >= 0.6 is 0 Å². The van der Waals surface area contributed by atoms with Crippen molar-refractivity contribution in [2.75, 3.05) is 0 Å². The number of hydrogen-bond acceptors (Lipinski definition) is 1. The highest BCUT2D eigenvalue weighted by Crippen LogP contribution is 2.21. The molecule has 1 rings (SSSR count). The normalized spacial score (nSPS) is 21.9. The molecule has 1 saturated carbocycles. The molecule has 1 unspecified atom stereocenters. The Bertz CT molecular complexity index is 234. The number of nitrogens with one attached hydrogen (secondary N) is 1. The Kier molecular flexibility index (Phi) is 4.63. The minimum absolute atomic E-state index is 0.215. The first-order valence-electron chi connectivity index (χ1n) is 6.49. The predicted molar refractivity (Wildman–Crippen MR) is 70.5 cm³/mol. The zero-order chi connectivity index (χ0) is 12.2. The summed E-state index contributed by atoms with van der Waals surface area (Å²) in [6.07, 6.45) is 6.36.